The first-order valence-electron chi connectivity index (χ1n) is 9.95. The van der Waals surface area contributed by atoms with Crippen molar-refractivity contribution >= 4 is 29.9 Å². The Kier molecular flexibility index (Phi) is 6.95. The standard InChI is InChI=1S/C21H28FN5.HI/c1-3-24-21(25-19-12-17(19)16-6-4-5-7-18(16)22)26-10-8-15(2)20(13-26)27-11-9-23-14-27;/h4-7,9,11,14-15,17,19-20H,3,8,10,12-13H2,1-2H3,(H,24,25);1H. The lowest BCUT2D eigenvalue weighted by molar-refractivity contribution is 0.188. The number of rotatable bonds is 4. The van der Waals surface area contributed by atoms with Gasteiger partial charge in [0, 0.05) is 44.0 Å². The number of nitrogens with one attached hydrogen (secondary N) is 1. The summed E-state index contributed by atoms with van der Waals surface area (Å²) < 4.78 is 16.3. The van der Waals surface area contributed by atoms with Crippen LogP contribution in [0.2, 0.25) is 0 Å². The highest BCUT2D eigenvalue weighted by molar-refractivity contribution is 14.0. The van der Waals surface area contributed by atoms with Crippen LogP contribution in [0.1, 0.15) is 44.2 Å². The number of nitrogens with zero attached hydrogens (tertiary/aromatic N) is 4. The maximum atomic E-state index is 14.1. The second-order valence-electron chi connectivity index (χ2n) is 7.70. The van der Waals surface area contributed by atoms with E-state index in [4.69, 9.17) is 4.99 Å². The molecule has 0 bridgehead atoms. The Morgan fingerprint density at radius 3 is 2.89 bits per heavy atom. The normalized spacial score (nSPS) is 27.2. The van der Waals surface area contributed by atoms with Crippen molar-refractivity contribution in [3.05, 3.63) is 54.4 Å². The molecular weight excluding hydrogens is 468 g/mol. The lowest BCUT2D eigenvalue weighted by Crippen LogP contribution is -2.49. The fourth-order valence-electron chi connectivity index (χ4n) is 4.12. The van der Waals surface area contributed by atoms with Gasteiger partial charge in [-0.15, -0.1) is 24.0 Å². The van der Waals surface area contributed by atoms with E-state index in [1.807, 2.05) is 30.9 Å². The molecule has 4 rings (SSSR count). The molecule has 2 heterocycles. The van der Waals surface area contributed by atoms with Crippen molar-refractivity contribution in [1.29, 1.82) is 0 Å². The maximum Gasteiger partial charge on any atom is 0.194 e. The van der Waals surface area contributed by atoms with Crippen LogP contribution in [0.25, 0.3) is 0 Å². The Hall–Kier alpha value is -1.64. The van der Waals surface area contributed by atoms with Gasteiger partial charge in [0.25, 0.3) is 0 Å². The molecule has 5 nitrogen and oxygen atoms in total. The van der Waals surface area contributed by atoms with E-state index in [9.17, 15) is 4.39 Å². The van der Waals surface area contributed by atoms with E-state index in [1.165, 1.54) is 0 Å². The molecule has 1 aromatic heterocycles. The van der Waals surface area contributed by atoms with Gasteiger partial charge in [0.2, 0.25) is 0 Å². The predicted octanol–water partition coefficient (Wildman–Crippen LogP) is 4.04. The first-order chi connectivity index (χ1) is 13.2. The molecule has 2 aromatic rings. The minimum absolute atomic E-state index is 0. The lowest BCUT2D eigenvalue weighted by Gasteiger charge is -2.39. The summed E-state index contributed by atoms with van der Waals surface area (Å²) in [4.78, 5) is 11.3. The van der Waals surface area contributed by atoms with E-state index >= 15 is 0 Å². The van der Waals surface area contributed by atoms with E-state index < -0.39 is 0 Å². The number of hydrogen-bond acceptors (Lipinski definition) is 2. The summed E-state index contributed by atoms with van der Waals surface area (Å²) in [5.74, 6) is 1.69. The topological polar surface area (TPSA) is 45.5 Å². The lowest BCUT2D eigenvalue weighted by atomic mass is 9.93. The maximum absolute atomic E-state index is 14.1. The van der Waals surface area contributed by atoms with Gasteiger partial charge in [0.15, 0.2) is 5.96 Å². The number of halogens is 2. The number of hydrogen-bond donors (Lipinski definition) is 1. The molecular formula is C21H29FIN5. The molecule has 0 amide bonds. The zero-order valence-electron chi connectivity index (χ0n) is 16.5. The largest absolute Gasteiger partial charge is 0.353 e. The van der Waals surface area contributed by atoms with Crippen molar-refractivity contribution in [2.75, 3.05) is 19.6 Å². The molecule has 28 heavy (non-hydrogen) atoms. The van der Waals surface area contributed by atoms with Gasteiger partial charge in [0.1, 0.15) is 5.82 Å². The number of piperidine rings is 1. The minimum Gasteiger partial charge on any atom is -0.353 e. The quantitative estimate of drug-likeness (QED) is 0.394. The third-order valence-corrected chi connectivity index (χ3v) is 5.84. The summed E-state index contributed by atoms with van der Waals surface area (Å²) in [5, 5.41) is 3.60. The van der Waals surface area contributed by atoms with E-state index in [-0.39, 0.29) is 41.8 Å². The highest BCUT2D eigenvalue weighted by atomic mass is 127. The summed E-state index contributed by atoms with van der Waals surface area (Å²) >= 11 is 0. The van der Waals surface area contributed by atoms with Crippen molar-refractivity contribution in [1.82, 2.24) is 19.8 Å². The fraction of sp³-hybridized carbons (Fsp3) is 0.524. The van der Waals surface area contributed by atoms with Crippen molar-refractivity contribution in [2.24, 2.45) is 10.9 Å². The molecule has 0 spiro atoms. The first kappa shape index (κ1) is 21.1. The van der Waals surface area contributed by atoms with Gasteiger partial charge in [-0.25, -0.2) is 9.37 Å². The monoisotopic (exact) mass is 497 g/mol. The number of guanidine groups is 1. The Morgan fingerprint density at radius 2 is 2.18 bits per heavy atom. The number of aromatic nitrogens is 2. The average molecular weight is 497 g/mol. The third-order valence-electron chi connectivity index (χ3n) is 5.84. The summed E-state index contributed by atoms with van der Waals surface area (Å²) in [6.07, 6.45) is 7.87. The smallest absolute Gasteiger partial charge is 0.194 e. The molecule has 1 aromatic carbocycles. The highest BCUT2D eigenvalue weighted by Crippen LogP contribution is 2.42. The second kappa shape index (κ2) is 9.24. The molecule has 0 radical (unpaired) electrons. The summed E-state index contributed by atoms with van der Waals surface area (Å²) in [6, 6.07) is 7.77. The van der Waals surface area contributed by atoms with Crippen molar-refractivity contribution in [2.45, 2.75) is 44.7 Å². The second-order valence-corrected chi connectivity index (χ2v) is 7.70. The van der Waals surface area contributed by atoms with E-state index in [0.717, 1.165) is 44.0 Å². The molecule has 4 atom stereocenters. The van der Waals surface area contributed by atoms with Crippen LogP contribution in [0.3, 0.4) is 0 Å². The third kappa shape index (κ3) is 4.50. The Labute approximate surface area is 183 Å². The zero-order chi connectivity index (χ0) is 18.8. The molecule has 1 saturated carbocycles. The molecule has 1 aliphatic carbocycles. The van der Waals surface area contributed by atoms with Crippen LogP contribution >= 0.6 is 24.0 Å². The Bertz CT molecular complexity index is 794. The number of imidazole rings is 1. The van der Waals surface area contributed by atoms with Crippen LogP contribution in [0.5, 0.6) is 0 Å². The van der Waals surface area contributed by atoms with Crippen LogP contribution in [-0.4, -0.2) is 46.1 Å². The van der Waals surface area contributed by atoms with Gasteiger partial charge < -0.3 is 14.8 Å². The van der Waals surface area contributed by atoms with Crippen LogP contribution in [0.4, 0.5) is 4.39 Å². The molecule has 2 aliphatic rings. The molecule has 2 fully saturated rings. The van der Waals surface area contributed by atoms with Gasteiger partial charge in [-0.1, -0.05) is 25.1 Å². The van der Waals surface area contributed by atoms with Crippen LogP contribution < -0.4 is 5.32 Å². The predicted molar refractivity (Wildman–Crippen MR) is 121 cm³/mol. The average Bonchev–Trinajstić information content (AvgIpc) is 3.21. The summed E-state index contributed by atoms with van der Waals surface area (Å²) in [7, 11) is 0. The highest BCUT2D eigenvalue weighted by Gasteiger charge is 2.41. The van der Waals surface area contributed by atoms with Crippen LogP contribution in [0, 0.1) is 11.7 Å². The first-order valence-corrected chi connectivity index (χ1v) is 9.95. The van der Waals surface area contributed by atoms with Crippen LogP contribution in [-0.2, 0) is 0 Å². The number of benzene rings is 1. The van der Waals surface area contributed by atoms with E-state index in [0.29, 0.717) is 12.0 Å². The van der Waals surface area contributed by atoms with Gasteiger partial charge >= 0.3 is 0 Å². The zero-order valence-corrected chi connectivity index (χ0v) is 18.8. The SMILES string of the molecule is CCN=C(NC1CC1c1ccccc1F)N1CCC(C)C(n2ccnc2)C1.I. The Balaban J connectivity index is 0.00000225. The van der Waals surface area contributed by atoms with Gasteiger partial charge in [-0.05, 0) is 37.3 Å². The number of aliphatic imine (C=N–C) groups is 1. The molecule has 7 heteroatoms. The molecule has 1 N–H and O–H groups in total. The molecule has 1 saturated heterocycles. The minimum atomic E-state index is -0.104. The van der Waals surface area contributed by atoms with Crippen molar-refractivity contribution in [3.8, 4) is 0 Å². The van der Waals surface area contributed by atoms with E-state index in [1.54, 1.807) is 12.1 Å². The van der Waals surface area contributed by atoms with Crippen molar-refractivity contribution < 1.29 is 4.39 Å². The Morgan fingerprint density at radius 1 is 1.36 bits per heavy atom. The van der Waals surface area contributed by atoms with Gasteiger partial charge in [-0.2, -0.15) is 0 Å². The van der Waals surface area contributed by atoms with Crippen molar-refractivity contribution in [3.63, 3.8) is 0 Å². The molecule has 152 valence electrons. The van der Waals surface area contributed by atoms with E-state index in [2.05, 4.69) is 33.6 Å². The fourth-order valence-corrected chi connectivity index (χ4v) is 4.12. The molecule has 4 unspecified atom stereocenters. The van der Waals surface area contributed by atoms with Gasteiger partial charge in [-0.3, -0.25) is 4.99 Å². The summed E-state index contributed by atoms with van der Waals surface area (Å²) in [6.45, 7) is 7.01. The number of likely N-dealkylation sites (tertiary alicyclic amines) is 1. The van der Waals surface area contributed by atoms with Gasteiger partial charge in [0.05, 0.1) is 12.4 Å². The van der Waals surface area contributed by atoms with Crippen LogP contribution in [0.15, 0.2) is 48.0 Å². The molecule has 1 aliphatic heterocycles. The summed E-state index contributed by atoms with van der Waals surface area (Å²) in [5.41, 5.74) is 0.814.